The van der Waals surface area contributed by atoms with Crippen LogP contribution in [0.4, 0.5) is 16.4 Å². The number of carbonyl (C=O) groups is 1. The number of hydrogen-bond acceptors (Lipinski definition) is 8. The predicted molar refractivity (Wildman–Crippen MR) is 177 cm³/mol. The van der Waals surface area contributed by atoms with Crippen LogP contribution in [0.15, 0.2) is 91.3 Å². The number of piperidine rings is 1. The largest absolute Gasteiger partial charge is 0.465 e. The van der Waals surface area contributed by atoms with Crippen LogP contribution in [-0.2, 0) is 15.8 Å². The molecule has 3 heterocycles. The molecule has 1 fully saturated rings. The molecule has 2 aromatic heterocycles. The Balaban J connectivity index is 1.28. The van der Waals surface area contributed by atoms with Gasteiger partial charge in [0.25, 0.3) is 0 Å². The smallest absolute Gasteiger partial charge is 0.407 e. The van der Waals surface area contributed by atoms with E-state index >= 15 is 0 Å². The zero-order valence-electron chi connectivity index (χ0n) is 25.4. The summed E-state index contributed by atoms with van der Waals surface area (Å²) in [6, 6.07) is 23.5. The van der Waals surface area contributed by atoms with Crippen molar-refractivity contribution in [3.63, 3.8) is 0 Å². The first-order chi connectivity index (χ1) is 22.1. The van der Waals surface area contributed by atoms with Crippen molar-refractivity contribution in [2.24, 2.45) is 5.92 Å². The molecule has 2 atom stereocenters. The molecular weight excluding hydrogens is 604 g/mol. The van der Waals surface area contributed by atoms with Gasteiger partial charge in [-0.1, -0.05) is 61.5 Å². The van der Waals surface area contributed by atoms with Crippen molar-refractivity contribution < 1.29 is 23.1 Å². The van der Waals surface area contributed by atoms with E-state index in [0.29, 0.717) is 58.6 Å². The highest BCUT2D eigenvalue weighted by Crippen LogP contribution is 2.39. The number of likely N-dealkylation sites (tertiary alicyclic amines) is 1. The Morgan fingerprint density at radius 2 is 1.78 bits per heavy atom. The molecule has 236 valence electrons. The molecule has 6 rings (SSSR count). The van der Waals surface area contributed by atoms with Gasteiger partial charge in [-0.15, -0.1) is 0 Å². The van der Waals surface area contributed by atoms with E-state index in [9.17, 15) is 18.3 Å². The zero-order valence-corrected chi connectivity index (χ0v) is 26.2. The number of ether oxygens (including phenoxy) is 1. The maximum absolute atomic E-state index is 13.1. The maximum Gasteiger partial charge on any atom is 0.407 e. The van der Waals surface area contributed by atoms with E-state index in [1.54, 1.807) is 48.8 Å². The number of aromatic nitrogens is 3. The first-order valence-electron chi connectivity index (χ1n) is 14.9. The van der Waals surface area contributed by atoms with E-state index in [0.717, 1.165) is 17.4 Å². The quantitative estimate of drug-likeness (QED) is 0.164. The standard InChI is InChI=1S/C34H34N6O5S/c1-22-18-25(20-40(19-22)34(41)42)37-33-36-17-15-29(38-33)28-11-7-16-35-32(28)45-31-23(2)13-14-26-27(31)10-6-12-30(26)39-46(43,44)21-24-8-4-3-5-9-24/h3-17,22,25,39H,18-21H2,1-2H3,(H,41,42)(H,36,37,38)/t22-,25+/m1/s1. The summed E-state index contributed by atoms with van der Waals surface area (Å²) in [7, 11) is -3.68. The Morgan fingerprint density at radius 1 is 0.957 bits per heavy atom. The van der Waals surface area contributed by atoms with Crippen LogP contribution in [-0.4, -0.2) is 58.6 Å². The van der Waals surface area contributed by atoms with Gasteiger partial charge in [0, 0.05) is 42.3 Å². The lowest BCUT2D eigenvalue weighted by atomic mass is 9.96. The van der Waals surface area contributed by atoms with Gasteiger partial charge < -0.3 is 20.1 Å². The molecule has 1 saturated heterocycles. The van der Waals surface area contributed by atoms with Crippen LogP contribution >= 0.6 is 0 Å². The van der Waals surface area contributed by atoms with Crippen molar-refractivity contribution in [2.75, 3.05) is 23.1 Å². The Morgan fingerprint density at radius 3 is 2.59 bits per heavy atom. The van der Waals surface area contributed by atoms with Crippen LogP contribution in [0.5, 0.6) is 11.6 Å². The number of carboxylic acid groups (broad SMARTS) is 1. The second-order valence-corrected chi connectivity index (χ2v) is 13.3. The summed E-state index contributed by atoms with van der Waals surface area (Å²) < 4.78 is 35.4. The highest BCUT2D eigenvalue weighted by Gasteiger charge is 2.28. The van der Waals surface area contributed by atoms with Gasteiger partial charge in [-0.05, 0) is 54.7 Å². The molecule has 0 aliphatic carbocycles. The monoisotopic (exact) mass is 638 g/mol. The fourth-order valence-corrected chi connectivity index (χ4v) is 7.01. The van der Waals surface area contributed by atoms with Gasteiger partial charge in [0.15, 0.2) is 0 Å². The number of sulfonamides is 1. The number of pyridine rings is 1. The molecule has 12 heteroatoms. The van der Waals surface area contributed by atoms with Gasteiger partial charge in [0.2, 0.25) is 21.9 Å². The molecule has 0 saturated carbocycles. The number of amides is 1. The Kier molecular flexibility index (Phi) is 8.71. The molecule has 46 heavy (non-hydrogen) atoms. The summed E-state index contributed by atoms with van der Waals surface area (Å²) in [6.07, 6.45) is 3.13. The van der Waals surface area contributed by atoms with E-state index in [-0.39, 0.29) is 17.7 Å². The van der Waals surface area contributed by atoms with Crippen molar-refractivity contribution in [2.45, 2.75) is 32.1 Å². The molecule has 1 amide bonds. The molecule has 0 bridgehead atoms. The summed E-state index contributed by atoms with van der Waals surface area (Å²) in [4.78, 5) is 26.6. The van der Waals surface area contributed by atoms with E-state index in [2.05, 4.69) is 20.0 Å². The minimum absolute atomic E-state index is 0.127. The normalized spacial score (nSPS) is 16.6. The highest BCUT2D eigenvalue weighted by molar-refractivity contribution is 7.91. The van der Waals surface area contributed by atoms with Gasteiger partial charge in [-0.2, -0.15) is 0 Å². The minimum atomic E-state index is -3.68. The summed E-state index contributed by atoms with van der Waals surface area (Å²) in [5.41, 5.74) is 3.19. The number of nitrogens with one attached hydrogen (secondary N) is 2. The van der Waals surface area contributed by atoms with Gasteiger partial charge in [0.05, 0.1) is 22.7 Å². The summed E-state index contributed by atoms with van der Waals surface area (Å²) in [5.74, 6) is 1.29. The van der Waals surface area contributed by atoms with Crippen LogP contribution in [0.2, 0.25) is 0 Å². The van der Waals surface area contributed by atoms with E-state index in [4.69, 9.17) is 9.72 Å². The number of benzene rings is 3. The number of fused-ring (bicyclic) bond motifs is 1. The summed E-state index contributed by atoms with van der Waals surface area (Å²) in [6.45, 7) is 4.79. The van der Waals surface area contributed by atoms with Crippen LogP contribution in [0, 0.1) is 12.8 Å². The van der Waals surface area contributed by atoms with Crippen molar-refractivity contribution in [3.05, 3.63) is 102 Å². The molecule has 0 unspecified atom stereocenters. The van der Waals surface area contributed by atoms with Crippen LogP contribution in [0.25, 0.3) is 22.0 Å². The molecule has 3 N–H and O–H groups in total. The molecule has 3 aromatic carbocycles. The predicted octanol–water partition coefficient (Wildman–Crippen LogP) is 6.53. The van der Waals surface area contributed by atoms with E-state index in [1.807, 2.05) is 56.3 Å². The van der Waals surface area contributed by atoms with Crippen LogP contribution in [0.1, 0.15) is 24.5 Å². The topological polar surface area (TPSA) is 147 Å². The molecular formula is C34H34N6O5S. The number of anilines is 2. The fraction of sp³-hybridized carbons (Fsp3) is 0.235. The molecule has 11 nitrogen and oxygen atoms in total. The van der Waals surface area contributed by atoms with Gasteiger partial charge in [-0.25, -0.2) is 28.2 Å². The second kappa shape index (κ2) is 13.0. The van der Waals surface area contributed by atoms with Crippen LogP contribution in [0.3, 0.4) is 0 Å². The molecule has 5 aromatic rings. The van der Waals surface area contributed by atoms with E-state index < -0.39 is 16.1 Å². The first-order valence-corrected chi connectivity index (χ1v) is 16.6. The Hall–Kier alpha value is -5.23. The second-order valence-electron chi connectivity index (χ2n) is 11.6. The summed E-state index contributed by atoms with van der Waals surface area (Å²) in [5, 5.41) is 14.2. The average molecular weight is 639 g/mol. The number of aryl methyl sites for hydroxylation is 1. The van der Waals surface area contributed by atoms with Gasteiger partial charge in [0.1, 0.15) is 5.75 Å². The fourth-order valence-electron chi connectivity index (χ4n) is 5.80. The van der Waals surface area contributed by atoms with E-state index in [1.165, 1.54) is 4.90 Å². The van der Waals surface area contributed by atoms with Crippen molar-refractivity contribution >= 4 is 38.5 Å². The SMILES string of the molecule is Cc1ccc2c(NS(=O)(=O)Cc3ccccc3)cccc2c1Oc1ncccc1-c1ccnc(N[C@H]2C[C@@H](C)CN(C(=O)O)C2)n1. The van der Waals surface area contributed by atoms with Crippen molar-refractivity contribution in [1.82, 2.24) is 19.9 Å². The van der Waals surface area contributed by atoms with Crippen molar-refractivity contribution in [3.8, 4) is 22.9 Å². The highest BCUT2D eigenvalue weighted by atomic mass is 32.2. The summed E-state index contributed by atoms with van der Waals surface area (Å²) >= 11 is 0. The lowest BCUT2D eigenvalue weighted by Crippen LogP contribution is -2.47. The third kappa shape index (κ3) is 7.02. The third-order valence-corrected chi connectivity index (χ3v) is 9.08. The number of hydrogen-bond donors (Lipinski definition) is 3. The molecule has 0 spiro atoms. The average Bonchev–Trinajstić information content (AvgIpc) is 3.02. The Labute approximate surface area is 267 Å². The van der Waals surface area contributed by atoms with Gasteiger partial charge in [-0.3, -0.25) is 4.72 Å². The van der Waals surface area contributed by atoms with Gasteiger partial charge >= 0.3 is 6.09 Å². The lowest BCUT2D eigenvalue weighted by Gasteiger charge is -2.35. The molecule has 1 aliphatic rings. The number of rotatable bonds is 9. The molecule has 1 aliphatic heterocycles. The van der Waals surface area contributed by atoms with Crippen LogP contribution < -0.4 is 14.8 Å². The lowest BCUT2D eigenvalue weighted by molar-refractivity contribution is 0.119. The zero-order chi connectivity index (χ0) is 32.3. The Bertz CT molecular complexity index is 1990. The first kappa shape index (κ1) is 30.8. The number of nitrogens with zero attached hydrogens (tertiary/aromatic N) is 4. The maximum atomic E-state index is 13.1. The molecule has 0 radical (unpaired) electrons. The minimum Gasteiger partial charge on any atom is -0.465 e. The third-order valence-electron chi connectivity index (χ3n) is 7.84. The van der Waals surface area contributed by atoms with Crippen molar-refractivity contribution in [1.29, 1.82) is 0 Å².